The highest BCUT2D eigenvalue weighted by atomic mass is 16.3. The zero-order valence-corrected chi connectivity index (χ0v) is 14.2. The SMILES string of the molecule is CN(C)c1cccc(C(=O)N2CC[C@@H](c3ccccc3)[C@H](O)C2)c1. The van der Waals surface area contributed by atoms with Gasteiger partial charge in [-0.1, -0.05) is 36.4 Å². The van der Waals surface area contributed by atoms with Crippen molar-refractivity contribution in [2.45, 2.75) is 18.4 Å². The molecule has 126 valence electrons. The van der Waals surface area contributed by atoms with Gasteiger partial charge in [0.05, 0.1) is 6.10 Å². The van der Waals surface area contributed by atoms with Crippen molar-refractivity contribution < 1.29 is 9.90 Å². The summed E-state index contributed by atoms with van der Waals surface area (Å²) in [6.45, 7) is 1.05. The summed E-state index contributed by atoms with van der Waals surface area (Å²) in [7, 11) is 3.91. The van der Waals surface area contributed by atoms with E-state index in [9.17, 15) is 9.90 Å². The van der Waals surface area contributed by atoms with Crippen LogP contribution in [0, 0.1) is 0 Å². The van der Waals surface area contributed by atoms with Crippen LogP contribution in [0.3, 0.4) is 0 Å². The minimum atomic E-state index is -0.526. The fraction of sp³-hybridized carbons (Fsp3) is 0.350. The average Bonchev–Trinajstić information content (AvgIpc) is 2.62. The average molecular weight is 324 g/mol. The van der Waals surface area contributed by atoms with Crippen molar-refractivity contribution in [3.63, 3.8) is 0 Å². The predicted molar refractivity (Wildman–Crippen MR) is 96.5 cm³/mol. The zero-order valence-electron chi connectivity index (χ0n) is 14.2. The first-order valence-electron chi connectivity index (χ1n) is 8.36. The van der Waals surface area contributed by atoms with Crippen molar-refractivity contribution in [1.29, 1.82) is 0 Å². The Morgan fingerprint density at radius 2 is 1.88 bits per heavy atom. The molecule has 2 atom stereocenters. The Bertz CT molecular complexity index is 700. The summed E-state index contributed by atoms with van der Waals surface area (Å²) in [6, 6.07) is 17.7. The molecule has 4 heteroatoms. The summed E-state index contributed by atoms with van der Waals surface area (Å²) < 4.78 is 0. The van der Waals surface area contributed by atoms with E-state index in [1.54, 1.807) is 4.90 Å². The Balaban J connectivity index is 1.71. The lowest BCUT2D eigenvalue weighted by molar-refractivity contribution is 0.0382. The van der Waals surface area contributed by atoms with Crippen LogP contribution >= 0.6 is 0 Å². The molecule has 3 rings (SSSR count). The molecular weight excluding hydrogens is 300 g/mol. The third-order valence-corrected chi connectivity index (χ3v) is 4.71. The number of hydrogen-bond acceptors (Lipinski definition) is 3. The topological polar surface area (TPSA) is 43.8 Å². The van der Waals surface area contributed by atoms with E-state index in [0.717, 1.165) is 17.7 Å². The number of benzene rings is 2. The number of hydrogen-bond donors (Lipinski definition) is 1. The summed E-state index contributed by atoms with van der Waals surface area (Å²) in [5, 5.41) is 10.5. The number of anilines is 1. The quantitative estimate of drug-likeness (QED) is 0.944. The fourth-order valence-corrected chi connectivity index (χ4v) is 3.30. The summed E-state index contributed by atoms with van der Waals surface area (Å²) in [5.41, 5.74) is 2.82. The largest absolute Gasteiger partial charge is 0.391 e. The van der Waals surface area contributed by atoms with Gasteiger partial charge in [-0.2, -0.15) is 0 Å². The lowest BCUT2D eigenvalue weighted by Crippen LogP contribution is -2.45. The van der Waals surface area contributed by atoms with Gasteiger partial charge in [0.25, 0.3) is 5.91 Å². The van der Waals surface area contributed by atoms with Gasteiger partial charge in [0.1, 0.15) is 0 Å². The minimum Gasteiger partial charge on any atom is -0.391 e. The maximum Gasteiger partial charge on any atom is 0.254 e. The number of aliphatic hydroxyl groups is 1. The minimum absolute atomic E-state index is 0.00994. The van der Waals surface area contributed by atoms with E-state index in [-0.39, 0.29) is 11.8 Å². The summed E-state index contributed by atoms with van der Waals surface area (Å²) in [6.07, 6.45) is 0.256. The number of carbonyl (C=O) groups is 1. The highest BCUT2D eigenvalue weighted by molar-refractivity contribution is 5.95. The van der Waals surface area contributed by atoms with Crippen LogP contribution in [-0.2, 0) is 0 Å². The van der Waals surface area contributed by atoms with E-state index >= 15 is 0 Å². The molecule has 1 N–H and O–H groups in total. The number of piperidine rings is 1. The maximum absolute atomic E-state index is 12.8. The second-order valence-corrected chi connectivity index (χ2v) is 6.57. The van der Waals surface area contributed by atoms with Gasteiger partial charge < -0.3 is 14.9 Å². The zero-order chi connectivity index (χ0) is 17.1. The Kier molecular flexibility index (Phi) is 4.86. The first-order chi connectivity index (χ1) is 11.6. The molecule has 0 unspecified atom stereocenters. The fourth-order valence-electron chi connectivity index (χ4n) is 3.30. The Morgan fingerprint density at radius 1 is 1.12 bits per heavy atom. The Morgan fingerprint density at radius 3 is 2.54 bits per heavy atom. The van der Waals surface area contributed by atoms with Crippen molar-refractivity contribution in [2.24, 2.45) is 0 Å². The molecule has 0 saturated carbocycles. The summed E-state index contributed by atoms with van der Waals surface area (Å²) in [5.74, 6) is 0.0904. The predicted octanol–water partition coefficient (Wildman–Crippen LogP) is 2.74. The van der Waals surface area contributed by atoms with Crippen LogP contribution in [0.4, 0.5) is 5.69 Å². The van der Waals surface area contributed by atoms with Crippen molar-refractivity contribution in [2.75, 3.05) is 32.1 Å². The highest BCUT2D eigenvalue weighted by Gasteiger charge is 2.31. The van der Waals surface area contributed by atoms with Crippen LogP contribution in [-0.4, -0.2) is 49.2 Å². The number of carbonyl (C=O) groups excluding carboxylic acids is 1. The smallest absolute Gasteiger partial charge is 0.254 e. The number of amides is 1. The number of aliphatic hydroxyl groups excluding tert-OH is 1. The molecule has 0 radical (unpaired) electrons. The molecule has 0 aromatic heterocycles. The van der Waals surface area contributed by atoms with Gasteiger partial charge in [-0.25, -0.2) is 0 Å². The van der Waals surface area contributed by atoms with Crippen LogP contribution < -0.4 is 4.90 Å². The number of nitrogens with zero attached hydrogens (tertiary/aromatic N) is 2. The highest BCUT2D eigenvalue weighted by Crippen LogP contribution is 2.29. The molecule has 2 aromatic rings. The summed E-state index contributed by atoms with van der Waals surface area (Å²) in [4.78, 5) is 16.5. The lowest BCUT2D eigenvalue weighted by Gasteiger charge is -2.36. The summed E-state index contributed by atoms with van der Waals surface area (Å²) >= 11 is 0. The molecule has 1 aliphatic heterocycles. The van der Waals surface area contributed by atoms with Crippen LogP contribution in [0.25, 0.3) is 0 Å². The molecule has 1 fully saturated rings. The third kappa shape index (κ3) is 3.44. The van der Waals surface area contributed by atoms with Gasteiger partial charge in [0, 0.05) is 44.4 Å². The second kappa shape index (κ2) is 7.05. The second-order valence-electron chi connectivity index (χ2n) is 6.57. The maximum atomic E-state index is 12.8. The van der Waals surface area contributed by atoms with Crippen molar-refractivity contribution >= 4 is 11.6 Å². The van der Waals surface area contributed by atoms with E-state index in [1.165, 1.54) is 0 Å². The molecule has 0 aliphatic carbocycles. The number of rotatable bonds is 3. The van der Waals surface area contributed by atoms with Crippen molar-refractivity contribution in [3.8, 4) is 0 Å². The molecule has 1 aliphatic rings. The normalized spacial score (nSPS) is 20.7. The number of likely N-dealkylation sites (tertiary alicyclic amines) is 1. The Hall–Kier alpha value is -2.33. The van der Waals surface area contributed by atoms with E-state index in [4.69, 9.17) is 0 Å². The van der Waals surface area contributed by atoms with Crippen molar-refractivity contribution in [1.82, 2.24) is 4.90 Å². The van der Waals surface area contributed by atoms with Gasteiger partial charge in [-0.05, 0) is 30.2 Å². The molecule has 2 aromatic carbocycles. The first kappa shape index (κ1) is 16.5. The van der Waals surface area contributed by atoms with Crippen LogP contribution in [0.5, 0.6) is 0 Å². The first-order valence-corrected chi connectivity index (χ1v) is 8.36. The van der Waals surface area contributed by atoms with Crippen molar-refractivity contribution in [3.05, 3.63) is 65.7 Å². The van der Waals surface area contributed by atoms with Gasteiger partial charge in [-0.3, -0.25) is 4.79 Å². The van der Waals surface area contributed by atoms with E-state index in [0.29, 0.717) is 18.7 Å². The molecule has 1 heterocycles. The monoisotopic (exact) mass is 324 g/mol. The third-order valence-electron chi connectivity index (χ3n) is 4.71. The van der Waals surface area contributed by atoms with Gasteiger partial charge in [0.15, 0.2) is 0 Å². The van der Waals surface area contributed by atoms with E-state index in [2.05, 4.69) is 0 Å². The molecule has 0 spiro atoms. The van der Waals surface area contributed by atoms with E-state index < -0.39 is 6.10 Å². The van der Waals surface area contributed by atoms with E-state index in [1.807, 2.05) is 73.6 Å². The molecule has 24 heavy (non-hydrogen) atoms. The molecular formula is C20H24N2O2. The Labute approximate surface area is 143 Å². The van der Waals surface area contributed by atoms with Crippen LogP contribution in [0.1, 0.15) is 28.3 Å². The van der Waals surface area contributed by atoms with Crippen LogP contribution in [0.15, 0.2) is 54.6 Å². The lowest BCUT2D eigenvalue weighted by atomic mass is 9.87. The molecule has 0 bridgehead atoms. The molecule has 1 amide bonds. The molecule has 1 saturated heterocycles. The van der Waals surface area contributed by atoms with Gasteiger partial charge in [0.2, 0.25) is 0 Å². The molecule has 4 nitrogen and oxygen atoms in total. The number of β-amino-alcohol motifs (C(OH)–C–C–N with tert-alkyl or cyclic N) is 1. The van der Waals surface area contributed by atoms with Crippen LogP contribution in [0.2, 0.25) is 0 Å². The van der Waals surface area contributed by atoms with Gasteiger partial charge in [-0.15, -0.1) is 0 Å². The van der Waals surface area contributed by atoms with Gasteiger partial charge >= 0.3 is 0 Å². The standard InChI is InChI=1S/C20H24N2O2/c1-21(2)17-10-6-9-16(13-17)20(24)22-12-11-18(19(23)14-22)15-7-4-3-5-8-15/h3-10,13,18-19,23H,11-12,14H2,1-2H3/t18-,19+/m0/s1.